The van der Waals surface area contributed by atoms with E-state index in [-0.39, 0.29) is 24.0 Å². The van der Waals surface area contributed by atoms with Crippen LogP contribution in [0.5, 0.6) is 0 Å². The number of furan rings is 1. The summed E-state index contributed by atoms with van der Waals surface area (Å²) in [4.78, 5) is 6.99. The van der Waals surface area contributed by atoms with Crippen molar-refractivity contribution in [1.29, 1.82) is 0 Å². The van der Waals surface area contributed by atoms with Crippen LogP contribution < -0.4 is 10.6 Å². The number of rotatable bonds is 10. The van der Waals surface area contributed by atoms with E-state index < -0.39 is 5.60 Å². The van der Waals surface area contributed by atoms with Crippen molar-refractivity contribution in [2.24, 2.45) is 4.99 Å². The van der Waals surface area contributed by atoms with Gasteiger partial charge in [-0.3, -0.25) is 4.90 Å². The Bertz CT molecular complexity index is 943. The molecule has 3 N–H and O–H groups in total. The van der Waals surface area contributed by atoms with E-state index in [2.05, 4.69) is 40.8 Å². The maximum atomic E-state index is 10.8. The van der Waals surface area contributed by atoms with Crippen molar-refractivity contribution in [2.75, 3.05) is 20.1 Å². The van der Waals surface area contributed by atoms with Crippen molar-refractivity contribution in [1.82, 2.24) is 15.5 Å². The SMILES string of the molecule is CCNC(=NCc1ccccc1CN(C)Cc1ccco1)NCC(C)(O)c1ccsc1.I. The zero-order chi connectivity index (χ0) is 22.1. The third-order valence-corrected chi connectivity index (χ3v) is 5.74. The van der Waals surface area contributed by atoms with Crippen LogP contribution in [0.2, 0.25) is 0 Å². The zero-order valence-corrected chi connectivity index (χ0v) is 22.0. The minimum atomic E-state index is -0.956. The van der Waals surface area contributed by atoms with Gasteiger partial charge in [0.1, 0.15) is 11.4 Å². The Labute approximate surface area is 211 Å². The van der Waals surface area contributed by atoms with Gasteiger partial charge >= 0.3 is 0 Å². The van der Waals surface area contributed by atoms with Crippen LogP contribution in [-0.4, -0.2) is 36.1 Å². The first kappa shape index (κ1) is 26.4. The largest absolute Gasteiger partial charge is 0.468 e. The monoisotopic (exact) mass is 568 g/mol. The minimum Gasteiger partial charge on any atom is -0.468 e. The first-order valence-electron chi connectivity index (χ1n) is 10.5. The van der Waals surface area contributed by atoms with E-state index >= 15 is 0 Å². The van der Waals surface area contributed by atoms with Gasteiger partial charge < -0.3 is 20.2 Å². The molecule has 0 radical (unpaired) electrons. The predicted octanol–water partition coefficient (Wildman–Crippen LogP) is 4.55. The molecule has 3 aromatic rings. The summed E-state index contributed by atoms with van der Waals surface area (Å²) in [6, 6.07) is 14.2. The van der Waals surface area contributed by atoms with Crippen molar-refractivity contribution >= 4 is 41.3 Å². The Morgan fingerprint density at radius 2 is 1.91 bits per heavy atom. The second kappa shape index (κ2) is 13.0. The topological polar surface area (TPSA) is 73.0 Å². The lowest BCUT2D eigenvalue weighted by atomic mass is 9.99. The Morgan fingerprint density at radius 3 is 2.56 bits per heavy atom. The summed E-state index contributed by atoms with van der Waals surface area (Å²) in [5, 5.41) is 21.3. The molecule has 0 amide bonds. The second-order valence-corrected chi connectivity index (χ2v) is 8.63. The first-order chi connectivity index (χ1) is 15.0. The number of hydrogen-bond donors (Lipinski definition) is 3. The molecular weight excluding hydrogens is 535 g/mol. The average Bonchev–Trinajstić information content (AvgIpc) is 3.45. The van der Waals surface area contributed by atoms with Gasteiger partial charge in [0.2, 0.25) is 0 Å². The van der Waals surface area contributed by atoms with Crippen LogP contribution in [0.3, 0.4) is 0 Å². The van der Waals surface area contributed by atoms with Gasteiger partial charge in [-0.2, -0.15) is 11.3 Å². The van der Waals surface area contributed by atoms with E-state index in [9.17, 15) is 5.11 Å². The third-order valence-electron chi connectivity index (χ3n) is 5.06. The quantitative estimate of drug-likeness (QED) is 0.190. The van der Waals surface area contributed by atoms with Crippen LogP contribution in [0.15, 0.2) is 68.9 Å². The van der Waals surface area contributed by atoms with Crippen LogP contribution in [0.4, 0.5) is 0 Å². The van der Waals surface area contributed by atoms with Gasteiger partial charge in [-0.1, -0.05) is 24.3 Å². The van der Waals surface area contributed by atoms with E-state index in [1.165, 1.54) is 11.1 Å². The van der Waals surface area contributed by atoms with Gasteiger partial charge in [-0.15, -0.1) is 24.0 Å². The van der Waals surface area contributed by atoms with Crippen LogP contribution in [0.25, 0.3) is 0 Å². The summed E-state index contributed by atoms with van der Waals surface area (Å²) in [6.07, 6.45) is 1.71. The fraction of sp³-hybridized carbons (Fsp3) is 0.375. The molecule has 0 aliphatic rings. The molecule has 8 heteroatoms. The summed E-state index contributed by atoms with van der Waals surface area (Å²) in [5.41, 5.74) is 2.37. The molecule has 6 nitrogen and oxygen atoms in total. The summed E-state index contributed by atoms with van der Waals surface area (Å²) in [6.45, 7) is 7.10. The number of aliphatic imine (C=N–C) groups is 1. The number of nitrogens with one attached hydrogen (secondary N) is 2. The highest BCUT2D eigenvalue weighted by atomic mass is 127. The molecule has 1 aromatic carbocycles. The molecule has 2 aromatic heterocycles. The van der Waals surface area contributed by atoms with Gasteiger partial charge in [-0.25, -0.2) is 4.99 Å². The van der Waals surface area contributed by atoms with Crippen LogP contribution in [0.1, 0.15) is 36.3 Å². The minimum absolute atomic E-state index is 0. The van der Waals surface area contributed by atoms with Crippen LogP contribution >= 0.6 is 35.3 Å². The van der Waals surface area contributed by atoms with Gasteiger partial charge in [0.25, 0.3) is 0 Å². The lowest BCUT2D eigenvalue weighted by Crippen LogP contribution is -2.44. The van der Waals surface area contributed by atoms with Crippen LogP contribution in [0, 0.1) is 0 Å². The normalized spacial score (nSPS) is 13.5. The third kappa shape index (κ3) is 7.91. The van der Waals surface area contributed by atoms with E-state index in [0.717, 1.165) is 31.0 Å². The van der Waals surface area contributed by atoms with E-state index in [1.807, 2.05) is 48.9 Å². The Hall–Kier alpha value is -1.88. The maximum absolute atomic E-state index is 10.8. The second-order valence-electron chi connectivity index (χ2n) is 7.85. The highest BCUT2D eigenvalue weighted by Crippen LogP contribution is 2.22. The van der Waals surface area contributed by atoms with Crippen molar-refractivity contribution in [3.63, 3.8) is 0 Å². The molecule has 1 unspecified atom stereocenters. The van der Waals surface area contributed by atoms with Crippen LogP contribution in [-0.2, 0) is 25.2 Å². The van der Waals surface area contributed by atoms with Crippen molar-refractivity contribution in [3.8, 4) is 0 Å². The zero-order valence-electron chi connectivity index (χ0n) is 18.9. The molecule has 3 rings (SSSR count). The molecule has 0 saturated heterocycles. The number of nitrogens with zero attached hydrogens (tertiary/aromatic N) is 2. The molecule has 1 atom stereocenters. The highest BCUT2D eigenvalue weighted by molar-refractivity contribution is 14.0. The fourth-order valence-electron chi connectivity index (χ4n) is 3.32. The van der Waals surface area contributed by atoms with E-state index in [0.29, 0.717) is 19.0 Å². The lowest BCUT2D eigenvalue weighted by molar-refractivity contribution is 0.0621. The molecule has 0 spiro atoms. The number of aliphatic hydroxyl groups is 1. The Morgan fingerprint density at radius 1 is 1.12 bits per heavy atom. The molecule has 174 valence electrons. The fourth-order valence-corrected chi connectivity index (χ4v) is 4.10. The lowest BCUT2D eigenvalue weighted by Gasteiger charge is -2.24. The molecule has 32 heavy (non-hydrogen) atoms. The average molecular weight is 569 g/mol. The Balaban J connectivity index is 0.00000363. The highest BCUT2D eigenvalue weighted by Gasteiger charge is 2.23. The number of guanidine groups is 1. The van der Waals surface area contributed by atoms with Crippen molar-refractivity contribution < 1.29 is 9.52 Å². The Kier molecular flexibility index (Phi) is 10.7. The number of benzene rings is 1. The van der Waals surface area contributed by atoms with Gasteiger partial charge in [0.15, 0.2) is 5.96 Å². The summed E-state index contributed by atoms with van der Waals surface area (Å²) in [7, 11) is 2.08. The smallest absolute Gasteiger partial charge is 0.191 e. The summed E-state index contributed by atoms with van der Waals surface area (Å²) >= 11 is 1.58. The van der Waals surface area contributed by atoms with Crippen molar-refractivity contribution in [2.45, 2.75) is 39.1 Å². The van der Waals surface area contributed by atoms with E-state index in [1.54, 1.807) is 17.6 Å². The molecule has 0 bridgehead atoms. The predicted molar refractivity (Wildman–Crippen MR) is 142 cm³/mol. The standard InChI is InChI=1S/C24H32N4O2S.HI/c1-4-25-23(27-18-24(2,29)21-11-13-31-17-21)26-14-19-8-5-6-9-20(19)15-28(3)16-22-10-7-12-30-22;/h5-13,17,29H,4,14-16,18H2,1-3H3,(H2,25,26,27);1H. The molecular formula is C24H33IN4O2S. The molecule has 0 aliphatic carbocycles. The van der Waals surface area contributed by atoms with E-state index in [4.69, 9.17) is 9.41 Å². The molecule has 0 fully saturated rings. The summed E-state index contributed by atoms with van der Waals surface area (Å²) in [5.74, 6) is 1.64. The molecule has 2 heterocycles. The number of hydrogen-bond acceptors (Lipinski definition) is 5. The number of thiophene rings is 1. The van der Waals surface area contributed by atoms with Crippen molar-refractivity contribution in [3.05, 3.63) is 81.9 Å². The maximum Gasteiger partial charge on any atom is 0.191 e. The number of halogens is 1. The molecule has 0 aliphatic heterocycles. The molecule has 0 saturated carbocycles. The summed E-state index contributed by atoms with van der Waals surface area (Å²) < 4.78 is 5.46. The van der Waals surface area contributed by atoms with Gasteiger partial charge in [0.05, 0.1) is 25.9 Å². The van der Waals surface area contributed by atoms with Gasteiger partial charge in [-0.05, 0) is 66.5 Å². The first-order valence-corrected chi connectivity index (χ1v) is 11.5. The van der Waals surface area contributed by atoms with Gasteiger partial charge in [0, 0.05) is 13.1 Å².